The second-order valence-electron chi connectivity index (χ2n) is 4.04. The van der Waals surface area contributed by atoms with Crippen LogP contribution in [-0.2, 0) is 6.54 Å². The van der Waals surface area contributed by atoms with Crippen molar-refractivity contribution in [3.05, 3.63) is 53.6 Å². The van der Waals surface area contributed by atoms with Gasteiger partial charge in [0.2, 0.25) is 0 Å². The molecule has 0 spiro atoms. The van der Waals surface area contributed by atoms with Crippen LogP contribution in [0, 0.1) is 6.92 Å². The van der Waals surface area contributed by atoms with Crippen LogP contribution >= 0.6 is 0 Å². The van der Waals surface area contributed by atoms with E-state index in [0.717, 1.165) is 12.2 Å². The van der Waals surface area contributed by atoms with Crippen molar-refractivity contribution < 1.29 is 0 Å². The molecule has 2 aromatic rings. The molecule has 0 aliphatic carbocycles. The molecular weight excluding hydrogens is 198 g/mol. The highest BCUT2D eigenvalue weighted by atomic mass is 15.0. The molecule has 2 N–H and O–H groups in total. The third kappa shape index (κ3) is 2.49. The molecule has 3 heteroatoms. The third-order valence-corrected chi connectivity index (χ3v) is 2.81. The van der Waals surface area contributed by atoms with Crippen LogP contribution in [0.4, 0.5) is 0 Å². The third-order valence-electron chi connectivity index (χ3n) is 2.81. The van der Waals surface area contributed by atoms with Crippen molar-refractivity contribution in [1.29, 1.82) is 0 Å². The predicted molar refractivity (Wildman–Crippen MR) is 65.0 cm³/mol. The molecule has 1 heterocycles. The molecule has 0 aliphatic heterocycles. The van der Waals surface area contributed by atoms with E-state index >= 15 is 0 Å². The lowest BCUT2D eigenvalue weighted by molar-refractivity contribution is 0.566. The minimum absolute atomic E-state index is 0.351. The van der Waals surface area contributed by atoms with Crippen molar-refractivity contribution in [2.24, 2.45) is 0 Å². The largest absolute Gasteiger partial charge is 0.347 e. The van der Waals surface area contributed by atoms with Gasteiger partial charge in [-0.1, -0.05) is 24.3 Å². The van der Waals surface area contributed by atoms with Gasteiger partial charge in [-0.15, -0.1) is 0 Å². The molecule has 0 fully saturated rings. The molecule has 0 bridgehead atoms. The zero-order valence-corrected chi connectivity index (χ0v) is 9.70. The molecule has 0 radical (unpaired) electrons. The number of imidazole rings is 1. The highest BCUT2D eigenvalue weighted by Crippen LogP contribution is 2.16. The van der Waals surface area contributed by atoms with Crippen LogP contribution in [0.15, 0.2) is 36.8 Å². The summed E-state index contributed by atoms with van der Waals surface area (Å²) in [6, 6.07) is 8.81. The monoisotopic (exact) mass is 215 g/mol. The minimum atomic E-state index is 0.351. The molecular formula is C13H17N3. The van der Waals surface area contributed by atoms with Gasteiger partial charge in [0, 0.05) is 24.5 Å². The van der Waals surface area contributed by atoms with E-state index < -0.39 is 0 Å². The van der Waals surface area contributed by atoms with Crippen LogP contribution < -0.4 is 5.32 Å². The molecule has 1 aromatic heterocycles. The van der Waals surface area contributed by atoms with Gasteiger partial charge in [-0.3, -0.25) is 0 Å². The van der Waals surface area contributed by atoms with Gasteiger partial charge in [0.15, 0.2) is 0 Å². The van der Waals surface area contributed by atoms with E-state index in [9.17, 15) is 0 Å². The molecule has 1 aromatic carbocycles. The summed E-state index contributed by atoms with van der Waals surface area (Å²) in [5.74, 6) is 0. The van der Waals surface area contributed by atoms with Gasteiger partial charge in [-0.2, -0.15) is 0 Å². The van der Waals surface area contributed by atoms with Crippen LogP contribution in [-0.4, -0.2) is 9.97 Å². The van der Waals surface area contributed by atoms with E-state index in [0.29, 0.717) is 6.04 Å². The average Bonchev–Trinajstić information content (AvgIpc) is 2.79. The summed E-state index contributed by atoms with van der Waals surface area (Å²) in [6.07, 6.45) is 3.55. The van der Waals surface area contributed by atoms with Crippen molar-refractivity contribution >= 4 is 0 Å². The van der Waals surface area contributed by atoms with Crippen LogP contribution in [0.25, 0.3) is 0 Å². The second kappa shape index (κ2) is 4.94. The van der Waals surface area contributed by atoms with E-state index in [-0.39, 0.29) is 0 Å². The van der Waals surface area contributed by atoms with E-state index in [1.165, 1.54) is 11.1 Å². The lowest BCUT2D eigenvalue weighted by Gasteiger charge is -2.15. The number of benzene rings is 1. The first-order valence-corrected chi connectivity index (χ1v) is 5.53. The van der Waals surface area contributed by atoms with Crippen LogP contribution in [0.1, 0.15) is 29.8 Å². The highest BCUT2D eigenvalue weighted by molar-refractivity contribution is 5.28. The summed E-state index contributed by atoms with van der Waals surface area (Å²) >= 11 is 0. The van der Waals surface area contributed by atoms with Gasteiger partial charge in [-0.05, 0) is 25.0 Å². The molecule has 2 rings (SSSR count). The van der Waals surface area contributed by atoms with Gasteiger partial charge < -0.3 is 10.3 Å². The smallest absolute Gasteiger partial charge is 0.0922 e. The van der Waals surface area contributed by atoms with Crippen molar-refractivity contribution in [1.82, 2.24) is 15.3 Å². The van der Waals surface area contributed by atoms with Crippen molar-refractivity contribution in [3.8, 4) is 0 Å². The Labute approximate surface area is 95.9 Å². The summed E-state index contributed by atoms with van der Waals surface area (Å²) in [4.78, 5) is 7.08. The summed E-state index contributed by atoms with van der Waals surface area (Å²) in [7, 11) is 0. The number of nitrogens with one attached hydrogen (secondary N) is 2. The first-order chi connectivity index (χ1) is 7.77. The maximum atomic E-state index is 3.99. The van der Waals surface area contributed by atoms with E-state index in [1.54, 1.807) is 6.33 Å². The number of hydrogen-bond donors (Lipinski definition) is 2. The fourth-order valence-corrected chi connectivity index (χ4v) is 1.83. The van der Waals surface area contributed by atoms with Crippen molar-refractivity contribution in [3.63, 3.8) is 0 Å². The second-order valence-corrected chi connectivity index (χ2v) is 4.04. The number of hydrogen-bond acceptors (Lipinski definition) is 2. The van der Waals surface area contributed by atoms with Crippen molar-refractivity contribution in [2.45, 2.75) is 26.4 Å². The SMILES string of the molecule is Cc1ccccc1[C@@H](C)NCc1cnc[nH]1. The fraction of sp³-hybridized carbons (Fsp3) is 0.308. The van der Waals surface area contributed by atoms with Crippen molar-refractivity contribution in [2.75, 3.05) is 0 Å². The normalized spacial score (nSPS) is 12.6. The topological polar surface area (TPSA) is 40.7 Å². The Morgan fingerprint density at radius 3 is 2.88 bits per heavy atom. The number of H-pyrrole nitrogens is 1. The van der Waals surface area contributed by atoms with Gasteiger partial charge in [0.1, 0.15) is 0 Å². The van der Waals surface area contributed by atoms with Gasteiger partial charge in [0.05, 0.1) is 6.33 Å². The van der Waals surface area contributed by atoms with Crippen LogP contribution in [0.5, 0.6) is 0 Å². The average molecular weight is 215 g/mol. The number of aromatic nitrogens is 2. The zero-order chi connectivity index (χ0) is 11.4. The summed E-state index contributed by atoms with van der Waals surface area (Å²) in [6.45, 7) is 5.14. The maximum Gasteiger partial charge on any atom is 0.0922 e. The van der Waals surface area contributed by atoms with E-state index in [4.69, 9.17) is 0 Å². The van der Waals surface area contributed by atoms with Crippen LogP contribution in [0.2, 0.25) is 0 Å². The summed E-state index contributed by atoms with van der Waals surface area (Å²) < 4.78 is 0. The molecule has 16 heavy (non-hydrogen) atoms. The first kappa shape index (κ1) is 10.9. The van der Waals surface area contributed by atoms with Crippen LogP contribution in [0.3, 0.4) is 0 Å². The van der Waals surface area contributed by atoms with Gasteiger partial charge >= 0.3 is 0 Å². The molecule has 0 saturated heterocycles. The standard InChI is InChI=1S/C13H17N3/c1-10-5-3-4-6-13(10)11(2)15-8-12-7-14-9-16-12/h3-7,9,11,15H,8H2,1-2H3,(H,14,16)/t11-/m1/s1. The summed E-state index contributed by atoms with van der Waals surface area (Å²) in [5.41, 5.74) is 3.79. The van der Waals surface area contributed by atoms with Gasteiger partial charge in [0.25, 0.3) is 0 Å². The van der Waals surface area contributed by atoms with Gasteiger partial charge in [-0.25, -0.2) is 4.98 Å². The quantitative estimate of drug-likeness (QED) is 0.823. The van der Waals surface area contributed by atoms with E-state index in [2.05, 4.69) is 53.4 Å². The lowest BCUT2D eigenvalue weighted by atomic mass is 10.0. The molecule has 0 saturated carbocycles. The Morgan fingerprint density at radius 2 is 2.19 bits per heavy atom. The fourth-order valence-electron chi connectivity index (χ4n) is 1.83. The number of nitrogens with zero attached hydrogens (tertiary/aromatic N) is 1. The molecule has 0 unspecified atom stereocenters. The minimum Gasteiger partial charge on any atom is -0.347 e. The Kier molecular flexibility index (Phi) is 3.37. The zero-order valence-electron chi connectivity index (χ0n) is 9.70. The maximum absolute atomic E-state index is 3.99. The summed E-state index contributed by atoms with van der Waals surface area (Å²) in [5, 5.41) is 3.47. The Bertz CT molecular complexity index is 434. The van der Waals surface area contributed by atoms with E-state index in [1.807, 2.05) is 6.20 Å². The number of aromatic amines is 1. The number of aryl methyl sites for hydroxylation is 1. The molecule has 3 nitrogen and oxygen atoms in total. The Morgan fingerprint density at radius 1 is 1.38 bits per heavy atom. The first-order valence-electron chi connectivity index (χ1n) is 5.53. The molecule has 84 valence electrons. The molecule has 1 atom stereocenters. The Hall–Kier alpha value is -1.61. The number of rotatable bonds is 4. The molecule has 0 amide bonds. The lowest BCUT2D eigenvalue weighted by Crippen LogP contribution is -2.19. The highest BCUT2D eigenvalue weighted by Gasteiger charge is 2.06. The predicted octanol–water partition coefficient (Wildman–Crippen LogP) is 2.57. The molecule has 0 aliphatic rings. The Balaban J connectivity index is 1.98.